The Labute approximate surface area is 293 Å². The predicted octanol–water partition coefficient (Wildman–Crippen LogP) is 7.85. The Morgan fingerprint density at radius 1 is 0.688 bits per heavy atom. The molecule has 0 saturated heterocycles. The van der Waals surface area contributed by atoms with E-state index in [0.29, 0.717) is 6.71 Å². The van der Waals surface area contributed by atoms with Crippen LogP contribution < -0.4 is 16.4 Å². The minimum atomic E-state index is -1.64. The summed E-state index contributed by atoms with van der Waals surface area (Å²) < 4.78 is 2.34. The molecule has 0 saturated carbocycles. The fraction of sp³-hybridized carbons (Fsp3) is 0.116. The molecule has 5 aromatic carbocycles. The van der Waals surface area contributed by atoms with Crippen molar-refractivity contribution < 1.29 is 0 Å². The summed E-state index contributed by atoms with van der Waals surface area (Å²) in [6, 6.07) is 55.1. The van der Waals surface area contributed by atoms with Gasteiger partial charge in [-0.15, -0.1) is 0 Å². The molecule has 7 rings (SSSR count). The van der Waals surface area contributed by atoms with Crippen molar-refractivity contribution in [3.05, 3.63) is 205 Å². The van der Waals surface area contributed by atoms with Crippen LogP contribution in [-0.2, 0) is 5.16 Å². The summed E-state index contributed by atoms with van der Waals surface area (Å²) in [7, 11) is -1.64. The van der Waals surface area contributed by atoms with Crippen LogP contribution in [-0.4, -0.2) is 29.9 Å². The number of hydrogen-bond donors (Lipinski definition) is 0. The molecule has 0 bridgehead atoms. The van der Waals surface area contributed by atoms with Gasteiger partial charge < -0.3 is 4.57 Å². The summed E-state index contributed by atoms with van der Waals surface area (Å²) in [6.45, 7) is 2.60. The van der Waals surface area contributed by atoms with Crippen molar-refractivity contribution in [2.45, 2.75) is 31.0 Å². The third kappa shape index (κ3) is 7.33. The molecule has 1 heterocycles. The second kappa shape index (κ2) is 16.3. The van der Waals surface area contributed by atoms with E-state index >= 15 is 0 Å². The molecule has 0 N–H and O–H groups in total. The van der Waals surface area contributed by atoms with Crippen molar-refractivity contribution in [1.29, 1.82) is 0 Å². The van der Waals surface area contributed by atoms with Gasteiger partial charge >= 0.3 is 0 Å². The minimum Gasteiger partial charge on any atom is -0.326 e. The second-order valence-corrected chi connectivity index (χ2v) is 15.9. The average molecular weight is 657 g/mol. The highest BCUT2D eigenvalue weighted by molar-refractivity contribution is 7.80. The van der Waals surface area contributed by atoms with Crippen molar-refractivity contribution in [2.24, 2.45) is 0 Å². The molecule has 6 aromatic rings. The third-order valence-corrected chi connectivity index (χ3v) is 13.8. The number of thiocarbonyl (C=S) groups is 1. The summed E-state index contributed by atoms with van der Waals surface area (Å²) in [5.74, 6) is 0. The van der Waals surface area contributed by atoms with Crippen molar-refractivity contribution in [1.82, 2.24) is 9.55 Å². The molecule has 48 heavy (non-hydrogen) atoms. The lowest BCUT2D eigenvalue weighted by Crippen LogP contribution is -2.51. The largest absolute Gasteiger partial charge is 0.326 e. The zero-order chi connectivity index (χ0) is 33.0. The Balaban J connectivity index is 0.000000182. The van der Waals surface area contributed by atoms with E-state index in [4.69, 9.17) is 12.2 Å². The van der Waals surface area contributed by atoms with E-state index < -0.39 is 8.80 Å². The molecule has 0 radical (unpaired) electrons. The summed E-state index contributed by atoms with van der Waals surface area (Å²) in [5.41, 5.74) is 6.64. The first kappa shape index (κ1) is 33.1. The van der Waals surface area contributed by atoms with Crippen LogP contribution in [0.2, 0.25) is 6.04 Å². The molecule has 0 amide bonds. The van der Waals surface area contributed by atoms with Crippen molar-refractivity contribution in [3.63, 3.8) is 0 Å². The van der Waals surface area contributed by atoms with E-state index in [2.05, 4.69) is 193 Å². The standard InChI is InChI=1S/C25H26N2SSi.C18H15B/c1-2-18-29(24-15-9-14-23(28)19-24)25(27-17-16-26-20-27,21-10-5-3-6-11-21)22-12-7-4-8-13-22;1-4-10-16(11-5-1)19(17-12-6-2-7-13-17)18-14-8-3-9-15-18/h3-13,15-17,19-20,29H,2,14,18H2,1H3;1-15H. The summed E-state index contributed by atoms with van der Waals surface area (Å²) >= 11 is 5.62. The van der Waals surface area contributed by atoms with E-state index in [9.17, 15) is 0 Å². The van der Waals surface area contributed by atoms with Gasteiger partial charge in [0, 0.05) is 23.7 Å². The lowest BCUT2D eigenvalue weighted by Gasteiger charge is -2.43. The molecule has 2 nitrogen and oxygen atoms in total. The molecule has 0 fully saturated rings. The summed E-state index contributed by atoms with van der Waals surface area (Å²) in [5, 5.41) is 1.17. The van der Waals surface area contributed by atoms with Gasteiger partial charge in [0.1, 0.15) is 8.80 Å². The van der Waals surface area contributed by atoms with E-state index in [0.717, 1.165) is 17.7 Å². The predicted molar refractivity (Wildman–Crippen MR) is 212 cm³/mol. The molecule has 0 aliphatic heterocycles. The Morgan fingerprint density at radius 2 is 1.15 bits per heavy atom. The lowest BCUT2D eigenvalue weighted by atomic mass is 9.37. The zero-order valence-corrected chi connectivity index (χ0v) is 29.4. The first-order valence-corrected chi connectivity index (χ1v) is 19.2. The topological polar surface area (TPSA) is 17.8 Å². The van der Waals surface area contributed by atoms with Gasteiger partial charge in [0.2, 0.25) is 6.71 Å². The van der Waals surface area contributed by atoms with Crippen LogP contribution in [0, 0.1) is 0 Å². The van der Waals surface area contributed by atoms with Gasteiger partial charge in [-0.1, -0.05) is 217 Å². The van der Waals surface area contributed by atoms with Crippen molar-refractivity contribution in [3.8, 4) is 0 Å². The van der Waals surface area contributed by atoms with E-state index in [1.165, 1.54) is 38.8 Å². The zero-order valence-electron chi connectivity index (χ0n) is 27.5. The van der Waals surface area contributed by atoms with Crippen LogP contribution in [0.4, 0.5) is 0 Å². The molecule has 0 spiro atoms. The van der Waals surface area contributed by atoms with Crippen LogP contribution in [0.25, 0.3) is 0 Å². The van der Waals surface area contributed by atoms with Crippen molar-refractivity contribution in [2.75, 3.05) is 0 Å². The first-order valence-electron chi connectivity index (χ1n) is 16.9. The van der Waals surface area contributed by atoms with Gasteiger partial charge in [0.05, 0.1) is 11.5 Å². The first-order chi connectivity index (χ1) is 23.7. The number of imidazole rings is 1. The van der Waals surface area contributed by atoms with Gasteiger partial charge in [-0.25, -0.2) is 4.98 Å². The SMILES string of the molecule is CCC[SiH](C1=CC(=S)CC=C1)C(c1ccccc1)(c1ccccc1)n1ccnc1.c1ccc(B(c2ccccc2)c2ccccc2)cc1. The van der Waals surface area contributed by atoms with Gasteiger partial charge in [-0.2, -0.15) is 0 Å². The van der Waals surface area contributed by atoms with Gasteiger partial charge in [0.15, 0.2) is 0 Å². The smallest absolute Gasteiger partial charge is 0.241 e. The molecular formula is C43H41BN2SSi. The molecule has 5 heteroatoms. The fourth-order valence-corrected chi connectivity index (χ4v) is 11.8. The molecule has 1 atom stereocenters. The quantitative estimate of drug-likeness (QED) is 0.110. The highest BCUT2D eigenvalue weighted by Crippen LogP contribution is 2.41. The molecule has 1 unspecified atom stereocenters. The lowest BCUT2D eigenvalue weighted by molar-refractivity contribution is 0.580. The van der Waals surface area contributed by atoms with Crippen LogP contribution in [0.3, 0.4) is 0 Å². The van der Waals surface area contributed by atoms with Crippen LogP contribution in [0.5, 0.6) is 0 Å². The maximum Gasteiger partial charge on any atom is 0.241 e. The van der Waals surface area contributed by atoms with E-state index in [1.807, 2.05) is 12.5 Å². The van der Waals surface area contributed by atoms with Crippen molar-refractivity contribution >= 4 is 49.0 Å². The maximum absolute atomic E-state index is 5.62. The molecule has 1 aliphatic carbocycles. The Morgan fingerprint density at radius 3 is 1.54 bits per heavy atom. The molecule has 1 aromatic heterocycles. The highest BCUT2D eigenvalue weighted by atomic mass is 32.1. The third-order valence-electron chi connectivity index (χ3n) is 9.18. The number of allylic oxidation sites excluding steroid dienone is 4. The summed E-state index contributed by atoms with van der Waals surface area (Å²) in [6.07, 6.45) is 14.9. The minimum absolute atomic E-state index is 0.266. The van der Waals surface area contributed by atoms with Crippen LogP contribution >= 0.6 is 12.2 Å². The van der Waals surface area contributed by atoms with Gasteiger partial charge in [-0.05, 0) is 17.2 Å². The highest BCUT2D eigenvalue weighted by Gasteiger charge is 2.45. The maximum atomic E-state index is 5.62. The van der Waals surface area contributed by atoms with E-state index in [1.54, 1.807) is 0 Å². The fourth-order valence-electron chi connectivity index (χ4n) is 7.14. The van der Waals surface area contributed by atoms with Gasteiger partial charge in [-0.3, -0.25) is 0 Å². The number of rotatable bonds is 10. The summed E-state index contributed by atoms with van der Waals surface area (Å²) in [4.78, 5) is 5.50. The second-order valence-electron chi connectivity index (χ2n) is 12.2. The number of aromatic nitrogens is 2. The normalized spacial score (nSPS) is 13.2. The van der Waals surface area contributed by atoms with Crippen LogP contribution in [0.15, 0.2) is 194 Å². The number of nitrogens with zero attached hydrogens (tertiary/aromatic N) is 2. The molecular weight excluding hydrogens is 615 g/mol. The van der Waals surface area contributed by atoms with Gasteiger partial charge in [0.25, 0.3) is 0 Å². The van der Waals surface area contributed by atoms with Crippen LogP contribution in [0.1, 0.15) is 30.9 Å². The molecule has 236 valence electrons. The van der Waals surface area contributed by atoms with E-state index in [-0.39, 0.29) is 5.16 Å². The molecule has 1 aliphatic rings. The average Bonchev–Trinajstić information content (AvgIpc) is 3.70. The number of benzene rings is 5. The monoisotopic (exact) mass is 656 g/mol. The Bertz CT molecular complexity index is 1780. The Kier molecular flexibility index (Phi) is 11.2. The number of hydrogen-bond acceptors (Lipinski definition) is 2. The Hall–Kier alpha value is -4.84.